The molecule has 1 fully saturated rings. The van der Waals surface area contributed by atoms with Crippen LogP contribution in [0.2, 0.25) is 0 Å². The largest absolute Gasteiger partial charge is 0.460 e. The fourth-order valence-corrected chi connectivity index (χ4v) is 5.15. The second-order valence-electron chi connectivity index (χ2n) is 11.0. The van der Waals surface area contributed by atoms with Gasteiger partial charge in [0.05, 0.1) is 23.8 Å². The van der Waals surface area contributed by atoms with Gasteiger partial charge in [0, 0.05) is 6.54 Å². The lowest BCUT2D eigenvalue weighted by atomic mass is 9.74. The van der Waals surface area contributed by atoms with Crippen molar-refractivity contribution in [3.8, 4) is 0 Å². The Balaban J connectivity index is 1.74. The zero-order valence-electron chi connectivity index (χ0n) is 24.5. The van der Waals surface area contributed by atoms with Crippen LogP contribution in [0.15, 0.2) is 78.9 Å². The normalized spacial score (nSPS) is 18.8. The number of esters is 1. The monoisotopic (exact) mass is 651 g/mol. The van der Waals surface area contributed by atoms with E-state index < -0.39 is 70.6 Å². The number of hydrogen-bond acceptors (Lipinski definition) is 6. The van der Waals surface area contributed by atoms with Crippen LogP contribution in [0.1, 0.15) is 53.7 Å². The van der Waals surface area contributed by atoms with Gasteiger partial charge < -0.3 is 20.5 Å². The Morgan fingerprint density at radius 1 is 0.870 bits per heavy atom. The van der Waals surface area contributed by atoms with E-state index in [1.165, 1.54) is 6.92 Å². The molecular weight excluding hydrogens is 620 g/mol. The first kappa shape index (κ1) is 34.4. The van der Waals surface area contributed by atoms with Crippen molar-refractivity contribution in [1.29, 1.82) is 0 Å². The van der Waals surface area contributed by atoms with Crippen LogP contribution in [0.5, 0.6) is 0 Å². The van der Waals surface area contributed by atoms with Crippen molar-refractivity contribution in [1.82, 2.24) is 10.6 Å². The number of rotatable bonds is 12. The summed E-state index contributed by atoms with van der Waals surface area (Å²) in [6.07, 6.45) is -11.9. The highest BCUT2D eigenvalue weighted by Crippen LogP contribution is 2.40. The van der Waals surface area contributed by atoms with Gasteiger partial charge in [0.25, 0.3) is 5.91 Å². The molecule has 4 N–H and O–H groups in total. The Kier molecular flexibility index (Phi) is 10.1. The van der Waals surface area contributed by atoms with Crippen LogP contribution in [0.3, 0.4) is 0 Å². The molecule has 1 unspecified atom stereocenters. The smallest absolute Gasteiger partial charge is 0.416 e. The van der Waals surface area contributed by atoms with Gasteiger partial charge in [-0.25, -0.2) is 4.79 Å². The van der Waals surface area contributed by atoms with Crippen LogP contribution in [0.4, 0.5) is 31.1 Å². The Labute approximate surface area is 260 Å². The lowest BCUT2D eigenvalue weighted by molar-refractivity contribution is -0.157. The maximum atomic E-state index is 14.1. The molecule has 0 bridgehead atoms. The van der Waals surface area contributed by atoms with Gasteiger partial charge in [-0.3, -0.25) is 14.9 Å². The lowest BCUT2D eigenvalue weighted by Gasteiger charge is -2.36. The van der Waals surface area contributed by atoms with Gasteiger partial charge in [0.15, 0.2) is 0 Å². The number of amides is 3. The van der Waals surface area contributed by atoms with Crippen molar-refractivity contribution in [3.05, 3.63) is 107 Å². The number of halogens is 6. The molecule has 3 aromatic rings. The fourth-order valence-electron chi connectivity index (χ4n) is 5.15. The van der Waals surface area contributed by atoms with E-state index >= 15 is 0 Å². The third-order valence-electron chi connectivity index (χ3n) is 7.93. The minimum atomic E-state index is -5.08. The maximum absolute atomic E-state index is 14.1. The molecule has 8 nitrogen and oxygen atoms in total. The molecular formula is C32H31F6N3O5. The van der Waals surface area contributed by atoms with E-state index in [0.717, 1.165) is 0 Å². The number of carbonyl (C=O) groups is 3. The molecule has 1 aliphatic heterocycles. The van der Waals surface area contributed by atoms with Gasteiger partial charge in [0.2, 0.25) is 0 Å². The molecule has 0 spiro atoms. The molecule has 0 aliphatic carbocycles. The number of ether oxygens (including phenoxy) is 2. The number of benzene rings is 3. The first-order chi connectivity index (χ1) is 21.6. The van der Waals surface area contributed by atoms with E-state index in [4.69, 9.17) is 15.2 Å². The average Bonchev–Trinajstić information content (AvgIpc) is 3.32. The van der Waals surface area contributed by atoms with Crippen LogP contribution in [0, 0.1) is 0 Å². The third kappa shape index (κ3) is 7.68. The first-order valence-corrected chi connectivity index (χ1v) is 14.1. The summed E-state index contributed by atoms with van der Waals surface area (Å²) in [5.41, 5.74) is 0.0342. The summed E-state index contributed by atoms with van der Waals surface area (Å²) < 4.78 is 93.0. The zero-order valence-corrected chi connectivity index (χ0v) is 24.5. The predicted molar refractivity (Wildman–Crippen MR) is 153 cm³/mol. The second kappa shape index (κ2) is 13.5. The first-order valence-electron chi connectivity index (χ1n) is 14.1. The van der Waals surface area contributed by atoms with Crippen molar-refractivity contribution in [3.63, 3.8) is 0 Å². The van der Waals surface area contributed by atoms with Gasteiger partial charge in [-0.1, -0.05) is 60.7 Å². The minimum absolute atomic E-state index is 0.0125. The quantitative estimate of drug-likeness (QED) is 0.129. The molecule has 1 saturated heterocycles. The summed E-state index contributed by atoms with van der Waals surface area (Å²) in [7, 11) is 0. The number of urea groups is 1. The predicted octanol–water partition coefficient (Wildman–Crippen LogP) is 5.80. The van der Waals surface area contributed by atoms with Gasteiger partial charge in [0.1, 0.15) is 17.6 Å². The van der Waals surface area contributed by atoms with E-state index in [2.05, 4.69) is 10.6 Å². The number of hydrogen-bond donors (Lipinski definition) is 3. The molecule has 0 aromatic heterocycles. The number of carbonyl (C=O) groups excluding carboxylic acids is 3. The van der Waals surface area contributed by atoms with Gasteiger partial charge >= 0.3 is 24.4 Å². The molecule has 246 valence electrons. The van der Waals surface area contributed by atoms with Crippen molar-refractivity contribution < 1.29 is 50.2 Å². The summed E-state index contributed by atoms with van der Waals surface area (Å²) in [5, 5.41) is 4.61. The van der Waals surface area contributed by atoms with E-state index in [9.17, 15) is 40.7 Å². The van der Waals surface area contributed by atoms with Crippen molar-refractivity contribution in [2.75, 3.05) is 13.2 Å². The molecule has 4 rings (SSSR count). The minimum Gasteiger partial charge on any atom is -0.460 e. The van der Waals surface area contributed by atoms with Crippen molar-refractivity contribution >= 4 is 17.9 Å². The van der Waals surface area contributed by atoms with E-state index in [-0.39, 0.29) is 32.1 Å². The van der Waals surface area contributed by atoms with E-state index in [1.807, 2.05) is 0 Å². The molecule has 0 saturated carbocycles. The van der Waals surface area contributed by atoms with Crippen LogP contribution in [0.25, 0.3) is 0 Å². The standard InChI is InChI=1S/C32H31F6N3O5/c1-20(22-14-24(31(33,34)35)16-25(15-22)32(36,37)38)46-19-29(23-10-6-3-7-11-23,27(43)45-17-21-8-4-2-5-9-21)12-13-30(18-39)26(42)40-28(44)41-30/h2-11,14-16,20H,12-13,17-19,39H2,1H3,(H2,40,41,42,44)/t20-,29-,30?/m1/s1. The van der Waals surface area contributed by atoms with Crippen LogP contribution in [-0.4, -0.2) is 36.6 Å². The molecule has 0 radical (unpaired) electrons. The molecule has 3 aromatic carbocycles. The second-order valence-corrected chi connectivity index (χ2v) is 11.0. The fraction of sp³-hybridized carbons (Fsp3) is 0.344. The molecule has 3 atom stereocenters. The SMILES string of the molecule is C[C@@H](OC[C@@](CCC1(CN)NC(=O)NC1=O)(C(=O)OCc1ccccc1)c1ccccc1)c1cc(C(F)(F)F)cc(C(F)(F)F)c1. The van der Waals surface area contributed by atoms with E-state index in [1.54, 1.807) is 60.7 Å². The number of alkyl halides is 6. The summed E-state index contributed by atoms with van der Waals surface area (Å²) in [6.45, 7) is 0.161. The Morgan fingerprint density at radius 2 is 1.43 bits per heavy atom. The molecule has 14 heteroatoms. The van der Waals surface area contributed by atoms with Crippen molar-refractivity contribution in [2.45, 2.75) is 55.8 Å². The summed E-state index contributed by atoms with van der Waals surface area (Å²) in [6, 6.07) is 17.0. The van der Waals surface area contributed by atoms with E-state index in [0.29, 0.717) is 23.3 Å². The summed E-state index contributed by atoms with van der Waals surface area (Å²) in [5.74, 6) is -1.57. The topological polar surface area (TPSA) is 120 Å². The van der Waals surface area contributed by atoms with Gasteiger partial charge in [-0.05, 0) is 54.7 Å². The average molecular weight is 652 g/mol. The van der Waals surface area contributed by atoms with Crippen LogP contribution in [-0.2, 0) is 43.4 Å². The Hall–Kier alpha value is -4.43. The summed E-state index contributed by atoms with van der Waals surface area (Å²) >= 11 is 0. The Morgan fingerprint density at radius 3 is 1.93 bits per heavy atom. The highest BCUT2D eigenvalue weighted by molar-refractivity contribution is 6.07. The lowest BCUT2D eigenvalue weighted by Crippen LogP contribution is -2.55. The highest BCUT2D eigenvalue weighted by Gasteiger charge is 2.50. The number of imide groups is 1. The molecule has 1 aliphatic rings. The Bertz CT molecular complexity index is 1520. The third-order valence-corrected chi connectivity index (χ3v) is 7.93. The van der Waals surface area contributed by atoms with Gasteiger partial charge in [-0.2, -0.15) is 26.3 Å². The van der Waals surface area contributed by atoms with Crippen LogP contribution < -0.4 is 16.4 Å². The van der Waals surface area contributed by atoms with Gasteiger partial charge in [-0.15, -0.1) is 0 Å². The van der Waals surface area contributed by atoms with Crippen molar-refractivity contribution in [2.24, 2.45) is 5.73 Å². The molecule has 46 heavy (non-hydrogen) atoms. The molecule has 1 heterocycles. The summed E-state index contributed by atoms with van der Waals surface area (Å²) in [4.78, 5) is 38.8. The number of nitrogens with one attached hydrogen (secondary N) is 2. The number of nitrogens with two attached hydrogens (primary N) is 1. The highest BCUT2D eigenvalue weighted by atomic mass is 19.4. The van der Waals surface area contributed by atoms with Crippen LogP contribution >= 0.6 is 0 Å². The maximum Gasteiger partial charge on any atom is 0.416 e. The zero-order chi connectivity index (χ0) is 33.8. The molecule has 3 amide bonds.